The van der Waals surface area contributed by atoms with Crippen LogP contribution in [0, 0.1) is 0 Å². The van der Waals surface area contributed by atoms with Crippen molar-refractivity contribution in [2.75, 3.05) is 12.0 Å². The minimum Gasteiger partial charge on any atom is -0.289 e. The monoisotopic (exact) mass is 374 g/mol. The third-order valence-electron chi connectivity index (χ3n) is 4.36. The fourth-order valence-corrected chi connectivity index (χ4v) is 4.51. The molecule has 6 heteroatoms. The second kappa shape index (κ2) is 8.76. The number of amides is 1. The maximum absolute atomic E-state index is 11.8. The number of carbonyl (C=O) groups excluding carboxylic acids is 1. The molecule has 0 aromatic heterocycles. The molecule has 1 saturated heterocycles. The summed E-state index contributed by atoms with van der Waals surface area (Å²) in [7, 11) is 0. The molecule has 1 aliphatic heterocycles. The fraction of sp³-hybridized carbons (Fsp3) is 0.316. The number of nitrogens with zero attached hydrogens (tertiary/aromatic N) is 1. The predicted octanol–water partition coefficient (Wildman–Crippen LogP) is 4.19. The van der Waals surface area contributed by atoms with Gasteiger partial charge in [-0.15, -0.1) is 11.8 Å². The van der Waals surface area contributed by atoms with Crippen molar-refractivity contribution in [3.63, 3.8) is 0 Å². The van der Waals surface area contributed by atoms with E-state index in [1.165, 1.54) is 16.0 Å². The highest BCUT2D eigenvalue weighted by molar-refractivity contribution is 7.98. The molecule has 1 atom stereocenters. The second-order valence-electron chi connectivity index (χ2n) is 5.97. The molecule has 1 fully saturated rings. The van der Waals surface area contributed by atoms with Crippen LogP contribution in [0.2, 0.25) is 0 Å². The molecular formula is C19H22N2O2S2. The van der Waals surface area contributed by atoms with E-state index in [0.29, 0.717) is 6.54 Å². The van der Waals surface area contributed by atoms with Gasteiger partial charge in [0.15, 0.2) is 0 Å². The van der Waals surface area contributed by atoms with Crippen molar-refractivity contribution in [1.82, 2.24) is 9.79 Å². The molecule has 1 amide bonds. The van der Waals surface area contributed by atoms with E-state index in [2.05, 4.69) is 59.1 Å². The van der Waals surface area contributed by atoms with Crippen LogP contribution in [0.15, 0.2) is 53.4 Å². The molecular weight excluding hydrogens is 352 g/mol. The first kappa shape index (κ1) is 18.3. The summed E-state index contributed by atoms with van der Waals surface area (Å²) >= 11 is 3.41. The first-order chi connectivity index (χ1) is 12.2. The highest BCUT2D eigenvalue weighted by atomic mass is 32.2. The average molecular weight is 375 g/mol. The Morgan fingerprint density at radius 3 is 2.44 bits per heavy atom. The van der Waals surface area contributed by atoms with E-state index in [1.54, 1.807) is 29.2 Å². The Kier molecular flexibility index (Phi) is 6.42. The number of rotatable bonds is 5. The molecule has 2 aromatic carbocycles. The molecule has 0 spiro atoms. The SMILES string of the molecule is CSc1ccc(-c2ccc(CN3SCCC[C@@H]3C(=O)NO)cc2)cc1. The summed E-state index contributed by atoms with van der Waals surface area (Å²) in [5, 5.41) is 8.93. The van der Waals surface area contributed by atoms with Gasteiger partial charge in [-0.3, -0.25) is 10.0 Å². The minimum absolute atomic E-state index is 0.275. The Morgan fingerprint density at radius 2 is 1.84 bits per heavy atom. The van der Waals surface area contributed by atoms with E-state index in [0.717, 1.165) is 24.2 Å². The molecule has 2 aromatic rings. The standard InChI is InChI=1S/C19H22N2O2S2/c1-24-17-10-8-16(9-11-17)15-6-4-14(5-7-15)13-21-18(19(22)20-23)3-2-12-25-21/h4-11,18,23H,2-3,12-13H2,1H3,(H,20,22)/t18-/m1/s1. The minimum atomic E-state index is -0.322. The number of benzene rings is 2. The van der Waals surface area contributed by atoms with E-state index in [1.807, 2.05) is 0 Å². The lowest BCUT2D eigenvalue weighted by Crippen LogP contribution is -2.44. The van der Waals surface area contributed by atoms with E-state index in [4.69, 9.17) is 5.21 Å². The van der Waals surface area contributed by atoms with Gasteiger partial charge in [-0.25, -0.2) is 9.79 Å². The van der Waals surface area contributed by atoms with Crippen molar-refractivity contribution in [3.8, 4) is 11.1 Å². The average Bonchev–Trinajstić information content (AvgIpc) is 2.68. The summed E-state index contributed by atoms with van der Waals surface area (Å²) in [5.74, 6) is 0.687. The molecule has 2 N–H and O–H groups in total. The number of hydrogen-bond donors (Lipinski definition) is 2. The zero-order chi connectivity index (χ0) is 17.6. The van der Waals surface area contributed by atoms with Crippen LogP contribution in [0.3, 0.4) is 0 Å². The van der Waals surface area contributed by atoms with Gasteiger partial charge in [-0.05, 0) is 47.9 Å². The van der Waals surface area contributed by atoms with E-state index >= 15 is 0 Å². The van der Waals surface area contributed by atoms with Crippen molar-refractivity contribution in [3.05, 3.63) is 54.1 Å². The van der Waals surface area contributed by atoms with Crippen LogP contribution >= 0.6 is 23.7 Å². The largest absolute Gasteiger partial charge is 0.289 e. The Balaban J connectivity index is 1.70. The zero-order valence-electron chi connectivity index (χ0n) is 14.1. The summed E-state index contributed by atoms with van der Waals surface area (Å²) in [6.07, 6.45) is 3.84. The van der Waals surface area contributed by atoms with Crippen LogP contribution in [0.4, 0.5) is 0 Å². The van der Waals surface area contributed by atoms with E-state index in [9.17, 15) is 4.79 Å². The molecule has 0 radical (unpaired) electrons. The number of nitrogens with one attached hydrogen (secondary N) is 1. The van der Waals surface area contributed by atoms with Gasteiger partial charge in [0.05, 0.1) is 0 Å². The quantitative estimate of drug-likeness (QED) is 0.356. The summed E-state index contributed by atoms with van der Waals surface area (Å²) in [6, 6.07) is 16.8. The molecule has 3 rings (SSSR count). The molecule has 0 aliphatic carbocycles. The Labute approximate surface area is 157 Å². The maximum atomic E-state index is 11.8. The fourth-order valence-electron chi connectivity index (χ4n) is 2.95. The third kappa shape index (κ3) is 4.58. The first-order valence-electron chi connectivity index (χ1n) is 8.28. The van der Waals surface area contributed by atoms with E-state index in [-0.39, 0.29) is 11.9 Å². The normalized spacial score (nSPS) is 18.1. The predicted molar refractivity (Wildman–Crippen MR) is 105 cm³/mol. The van der Waals surface area contributed by atoms with Crippen LogP contribution in [0.1, 0.15) is 18.4 Å². The number of thioether (sulfide) groups is 1. The van der Waals surface area contributed by atoms with Crippen LogP contribution in [-0.4, -0.2) is 33.5 Å². The molecule has 1 aliphatic rings. The molecule has 132 valence electrons. The Bertz CT molecular complexity index is 704. The maximum Gasteiger partial charge on any atom is 0.261 e. The third-order valence-corrected chi connectivity index (χ3v) is 6.29. The van der Waals surface area contributed by atoms with Crippen molar-refractivity contribution < 1.29 is 10.0 Å². The van der Waals surface area contributed by atoms with E-state index < -0.39 is 0 Å². The molecule has 0 unspecified atom stereocenters. The lowest BCUT2D eigenvalue weighted by molar-refractivity contribution is -0.133. The Hall–Kier alpha value is -1.47. The van der Waals surface area contributed by atoms with Crippen molar-refractivity contribution in [1.29, 1.82) is 0 Å². The lowest BCUT2D eigenvalue weighted by atomic mass is 10.0. The van der Waals surface area contributed by atoms with Crippen LogP contribution in [-0.2, 0) is 11.3 Å². The highest BCUT2D eigenvalue weighted by Crippen LogP contribution is 2.29. The number of hydrogen-bond acceptors (Lipinski definition) is 5. The van der Waals surface area contributed by atoms with Crippen LogP contribution in [0.5, 0.6) is 0 Å². The smallest absolute Gasteiger partial charge is 0.261 e. The summed E-state index contributed by atoms with van der Waals surface area (Å²) < 4.78 is 2.07. The van der Waals surface area contributed by atoms with Gasteiger partial charge < -0.3 is 0 Å². The van der Waals surface area contributed by atoms with Gasteiger partial charge in [0.1, 0.15) is 6.04 Å². The summed E-state index contributed by atoms with van der Waals surface area (Å²) in [5.41, 5.74) is 5.35. The topological polar surface area (TPSA) is 52.6 Å². The van der Waals surface area contributed by atoms with Gasteiger partial charge in [0, 0.05) is 17.2 Å². The van der Waals surface area contributed by atoms with Crippen molar-refractivity contribution in [2.45, 2.75) is 30.3 Å². The summed E-state index contributed by atoms with van der Waals surface area (Å²) in [4.78, 5) is 13.1. The summed E-state index contributed by atoms with van der Waals surface area (Å²) in [6.45, 7) is 0.689. The van der Waals surface area contributed by atoms with Gasteiger partial charge in [-0.1, -0.05) is 48.3 Å². The number of hydroxylamine groups is 1. The van der Waals surface area contributed by atoms with Gasteiger partial charge in [0.2, 0.25) is 0 Å². The molecule has 0 bridgehead atoms. The molecule has 1 heterocycles. The lowest BCUT2D eigenvalue weighted by Gasteiger charge is -2.32. The van der Waals surface area contributed by atoms with Crippen molar-refractivity contribution in [2.24, 2.45) is 0 Å². The van der Waals surface area contributed by atoms with Gasteiger partial charge in [0.25, 0.3) is 5.91 Å². The molecule has 4 nitrogen and oxygen atoms in total. The van der Waals surface area contributed by atoms with Gasteiger partial charge in [-0.2, -0.15) is 0 Å². The second-order valence-corrected chi connectivity index (χ2v) is 7.98. The van der Waals surface area contributed by atoms with Crippen LogP contribution < -0.4 is 5.48 Å². The molecule has 0 saturated carbocycles. The first-order valence-corrected chi connectivity index (χ1v) is 10.4. The Morgan fingerprint density at radius 1 is 1.20 bits per heavy atom. The van der Waals surface area contributed by atoms with Crippen LogP contribution in [0.25, 0.3) is 11.1 Å². The number of carbonyl (C=O) groups is 1. The van der Waals surface area contributed by atoms with Gasteiger partial charge >= 0.3 is 0 Å². The van der Waals surface area contributed by atoms with Crippen molar-refractivity contribution >= 4 is 29.6 Å². The zero-order valence-corrected chi connectivity index (χ0v) is 15.8. The highest BCUT2D eigenvalue weighted by Gasteiger charge is 2.29. The molecule has 25 heavy (non-hydrogen) atoms.